The van der Waals surface area contributed by atoms with Gasteiger partial charge in [-0.2, -0.15) is 0 Å². The first-order chi connectivity index (χ1) is 7.20. The summed E-state index contributed by atoms with van der Waals surface area (Å²) in [5.41, 5.74) is 1.41. The number of Topliss-reactive ketones (excluding diaryl/α,β-unsaturated/α-hetero) is 2. The van der Waals surface area contributed by atoms with Crippen LogP contribution in [0.2, 0.25) is 0 Å². The number of nitrogens with zero attached hydrogens (tertiary/aromatic N) is 1. The van der Waals surface area contributed by atoms with Crippen LogP contribution in [0.5, 0.6) is 0 Å². The number of ketones is 2. The molecule has 0 aromatic carbocycles. The van der Waals surface area contributed by atoms with E-state index in [0.29, 0.717) is 18.4 Å². The van der Waals surface area contributed by atoms with Gasteiger partial charge in [0, 0.05) is 31.6 Å². The van der Waals surface area contributed by atoms with E-state index in [9.17, 15) is 9.59 Å². The molecule has 0 unspecified atom stereocenters. The minimum Gasteiger partial charge on any atom is -0.374 e. The van der Waals surface area contributed by atoms with Gasteiger partial charge in [-0.3, -0.25) is 9.59 Å². The lowest BCUT2D eigenvalue weighted by Gasteiger charge is -2.23. The van der Waals surface area contributed by atoms with E-state index in [-0.39, 0.29) is 11.6 Å². The van der Waals surface area contributed by atoms with Gasteiger partial charge >= 0.3 is 0 Å². The Kier molecular flexibility index (Phi) is 2.89. The van der Waals surface area contributed by atoms with Crippen LogP contribution >= 0.6 is 0 Å². The molecule has 1 aliphatic carbocycles. The molecule has 0 spiro atoms. The molecule has 0 amide bonds. The van der Waals surface area contributed by atoms with E-state index in [1.807, 2.05) is 6.92 Å². The second kappa shape index (κ2) is 4.17. The molecule has 3 heteroatoms. The van der Waals surface area contributed by atoms with Crippen LogP contribution < -0.4 is 0 Å². The lowest BCUT2D eigenvalue weighted by molar-refractivity contribution is -0.124. The fourth-order valence-electron chi connectivity index (χ4n) is 2.43. The molecule has 2 fully saturated rings. The van der Waals surface area contributed by atoms with Crippen molar-refractivity contribution in [2.45, 2.75) is 39.0 Å². The smallest absolute Gasteiger partial charge is 0.168 e. The summed E-state index contributed by atoms with van der Waals surface area (Å²) in [7, 11) is 0. The Morgan fingerprint density at radius 1 is 1.00 bits per heavy atom. The molecular formula is C12H17NO2. The minimum absolute atomic E-state index is 0.0515. The van der Waals surface area contributed by atoms with Crippen LogP contribution in [-0.2, 0) is 9.59 Å². The van der Waals surface area contributed by atoms with Crippen LogP contribution in [0.15, 0.2) is 11.3 Å². The molecule has 1 saturated carbocycles. The van der Waals surface area contributed by atoms with Crippen LogP contribution in [-0.4, -0.2) is 29.6 Å². The highest BCUT2D eigenvalue weighted by atomic mass is 16.1. The second-order valence-corrected chi connectivity index (χ2v) is 4.35. The Morgan fingerprint density at radius 3 is 2.07 bits per heavy atom. The number of likely N-dealkylation sites (tertiary alicyclic amines) is 1. The summed E-state index contributed by atoms with van der Waals surface area (Å²) in [4.78, 5) is 25.6. The summed E-state index contributed by atoms with van der Waals surface area (Å²) in [6.45, 7) is 3.91. The van der Waals surface area contributed by atoms with Crippen molar-refractivity contribution in [1.82, 2.24) is 4.90 Å². The predicted octanol–water partition coefficient (Wildman–Crippen LogP) is 1.68. The SMILES string of the molecule is CC(=C1C(=O)CCCC1=O)N1CCCC1. The maximum absolute atomic E-state index is 11.7. The van der Waals surface area contributed by atoms with Gasteiger partial charge in [0.05, 0.1) is 5.57 Å². The molecule has 15 heavy (non-hydrogen) atoms. The first-order valence-corrected chi connectivity index (χ1v) is 5.72. The molecule has 0 aromatic rings. The lowest BCUT2D eigenvalue weighted by Crippen LogP contribution is -2.27. The van der Waals surface area contributed by atoms with Crippen molar-refractivity contribution in [2.75, 3.05) is 13.1 Å². The molecule has 2 rings (SSSR count). The average Bonchev–Trinajstić information content (AvgIpc) is 2.69. The molecule has 0 radical (unpaired) electrons. The molecule has 1 heterocycles. The van der Waals surface area contributed by atoms with Gasteiger partial charge in [0.15, 0.2) is 11.6 Å². The summed E-state index contributed by atoms with van der Waals surface area (Å²) in [5.74, 6) is 0.103. The van der Waals surface area contributed by atoms with Gasteiger partial charge in [0.25, 0.3) is 0 Å². The molecule has 0 atom stereocenters. The quantitative estimate of drug-likeness (QED) is 0.485. The molecule has 0 bridgehead atoms. The van der Waals surface area contributed by atoms with Gasteiger partial charge in [-0.25, -0.2) is 0 Å². The van der Waals surface area contributed by atoms with Crippen LogP contribution in [0.3, 0.4) is 0 Å². The molecule has 0 aromatic heterocycles. The number of allylic oxidation sites excluding steroid dienone is 2. The molecule has 0 N–H and O–H groups in total. The highest BCUT2D eigenvalue weighted by Gasteiger charge is 2.27. The maximum Gasteiger partial charge on any atom is 0.168 e. The van der Waals surface area contributed by atoms with Crippen LogP contribution in [0.25, 0.3) is 0 Å². The van der Waals surface area contributed by atoms with Crippen LogP contribution in [0.1, 0.15) is 39.0 Å². The predicted molar refractivity (Wildman–Crippen MR) is 57.4 cm³/mol. The van der Waals surface area contributed by atoms with Crippen molar-refractivity contribution >= 4 is 11.6 Å². The fourth-order valence-corrected chi connectivity index (χ4v) is 2.43. The number of hydrogen-bond acceptors (Lipinski definition) is 3. The maximum atomic E-state index is 11.7. The normalized spacial score (nSPS) is 22.5. The molecule has 1 aliphatic heterocycles. The zero-order chi connectivity index (χ0) is 10.8. The van der Waals surface area contributed by atoms with Crippen LogP contribution in [0, 0.1) is 0 Å². The van der Waals surface area contributed by atoms with Crippen molar-refractivity contribution in [3.05, 3.63) is 11.3 Å². The summed E-state index contributed by atoms with van der Waals surface area (Å²) >= 11 is 0. The highest BCUT2D eigenvalue weighted by Crippen LogP contribution is 2.24. The number of hydrogen-bond donors (Lipinski definition) is 0. The van der Waals surface area contributed by atoms with Crippen molar-refractivity contribution in [3.8, 4) is 0 Å². The van der Waals surface area contributed by atoms with Gasteiger partial charge < -0.3 is 4.90 Å². The Balaban J connectivity index is 2.27. The lowest BCUT2D eigenvalue weighted by atomic mass is 9.91. The van der Waals surface area contributed by atoms with Gasteiger partial charge in [0.1, 0.15) is 0 Å². The summed E-state index contributed by atoms with van der Waals surface area (Å²) in [6.07, 6.45) is 4.17. The second-order valence-electron chi connectivity index (χ2n) is 4.35. The van der Waals surface area contributed by atoms with E-state index in [2.05, 4.69) is 4.90 Å². The Bertz CT molecular complexity index is 307. The summed E-state index contributed by atoms with van der Waals surface area (Å²) < 4.78 is 0. The molecule has 2 aliphatic rings. The molecule has 1 saturated heterocycles. The Labute approximate surface area is 90.1 Å². The zero-order valence-corrected chi connectivity index (χ0v) is 9.21. The Hall–Kier alpha value is -1.12. The monoisotopic (exact) mass is 207 g/mol. The number of rotatable bonds is 1. The van der Waals surface area contributed by atoms with E-state index < -0.39 is 0 Å². The number of carbonyl (C=O) groups excluding carboxylic acids is 2. The zero-order valence-electron chi connectivity index (χ0n) is 9.21. The van der Waals surface area contributed by atoms with E-state index in [0.717, 1.165) is 25.2 Å². The van der Waals surface area contributed by atoms with E-state index in [1.165, 1.54) is 12.8 Å². The van der Waals surface area contributed by atoms with Crippen molar-refractivity contribution < 1.29 is 9.59 Å². The van der Waals surface area contributed by atoms with Crippen molar-refractivity contribution in [1.29, 1.82) is 0 Å². The Morgan fingerprint density at radius 2 is 1.53 bits per heavy atom. The fraction of sp³-hybridized carbons (Fsp3) is 0.667. The van der Waals surface area contributed by atoms with Crippen molar-refractivity contribution in [3.63, 3.8) is 0 Å². The topological polar surface area (TPSA) is 37.4 Å². The van der Waals surface area contributed by atoms with E-state index in [4.69, 9.17) is 0 Å². The van der Waals surface area contributed by atoms with E-state index in [1.54, 1.807) is 0 Å². The third-order valence-corrected chi connectivity index (χ3v) is 3.31. The van der Waals surface area contributed by atoms with Gasteiger partial charge in [-0.05, 0) is 26.2 Å². The van der Waals surface area contributed by atoms with E-state index >= 15 is 0 Å². The highest BCUT2D eigenvalue weighted by molar-refractivity contribution is 6.22. The first kappa shape index (κ1) is 10.4. The van der Waals surface area contributed by atoms with Gasteiger partial charge in [0.2, 0.25) is 0 Å². The van der Waals surface area contributed by atoms with Gasteiger partial charge in [-0.1, -0.05) is 0 Å². The van der Waals surface area contributed by atoms with Gasteiger partial charge in [-0.15, -0.1) is 0 Å². The largest absolute Gasteiger partial charge is 0.374 e. The standard InChI is InChI=1S/C12H17NO2/c1-9(13-7-2-3-8-13)12-10(14)5-4-6-11(12)15/h2-8H2,1H3. The molecule has 82 valence electrons. The molecular weight excluding hydrogens is 190 g/mol. The van der Waals surface area contributed by atoms with Crippen LogP contribution in [0.4, 0.5) is 0 Å². The molecule has 3 nitrogen and oxygen atoms in total. The number of carbonyl (C=O) groups is 2. The summed E-state index contributed by atoms with van der Waals surface area (Å²) in [5, 5.41) is 0. The minimum atomic E-state index is 0.0515. The average molecular weight is 207 g/mol. The van der Waals surface area contributed by atoms with Crippen molar-refractivity contribution in [2.24, 2.45) is 0 Å². The first-order valence-electron chi connectivity index (χ1n) is 5.72. The third kappa shape index (κ3) is 1.96. The summed E-state index contributed by atoms with van der Waals surface area (Å²) in [6, 6.07) is 0. The third-order valence-electron chi connectivity index (χ3n) is 3.31.